The van der Waals surface area contributed by atoms with Gasteiger partial charge in [-0.25, -0.2) is 4.40 Å². The molecule has 0 saturated heterocycles. The Labute approximate surface area is 119 Å². The Morgan fingerprint density at radius 3 is 1.89 bits per heavy atom. The van der Waals surface area contributed by atoms with Gasteiger partial charge in [0.15, 0.2) is 0 Å². The summed E-state index contributed by atoms with van der Waals surface area (Å²) in [6.45, 7) is 6.60. The van der Waals surface area contributed by atoms with Crippen molar-refractivity contribution in [3.8, 4) is 0 Å². The van der Waals surface area contributed by atoms with Crippen molar-refractivity contribution in [3.63, 3.8) is 0 Å². The van der Waals surface area contributed by atoms with Crippen LogP contribution in [-0.4, -0.2) is 5.71 Å². The molecule has 2 aromatic carbocycles. The zero-order chi connectivity index (χ0) is 13.7. The minimum absolute atomic E-state index is 0.0309. The number of rotatable bonds is 3. The molecule has 0 bridgehead atoms. The van der Waals surface area contributed by atoms with Crippen molar-refractivity contribution in [1.82, 2.24) is 0 Å². The maximum atomic E-state index is 4.77. The van der Waals surface area contributed by atoms with Gasteiger partial charge < -0.3 is 0 Å². The molecule has 0 amide bonds. The molecule has 0 aliphatic heterocycles. The van der Waals surface area contributed by atoms with Crippen LogP contribution in [0, 0.1) is 5.41 Å². The average molecular weight is 269 g/mol. The Kier molecular flexibility index (Phi) is 4.43. The third-order valence-corrected chi connectivity index (χ3v) is 3.50. The molecule has 0 radical (unpaired) electrons. The lowest BCUT2D eigenvalue weighted by Gasteiger charge is -2.21. The van der Waals surface area contributed by atoms with E-state index in [-0.39, 0.29) is 5.41 Å². The smallest absolute Gasteiger partial charge is 0.0616 e. The summed E-state index contributed by atoms with van der Waals surface area (Å²) in [4.78, 5) is 1.17. The lowest BCUT2D eigenvalue weighted by Crippen LogP contribution is -2.21. The van der Waals surface area contributed by atoms with E-state index in [4.69, 9.17) is 4.40 Å². The highest BCUT2D eigenvalue weighted by Gasteiger charge is 2.20. The molecule has 0 N–H and O–H groups in total. The van der Waals surface area contributed by atoms with E-state index in [2.05, 4.69) is 57.2 Å². The lowest BCUT2D eigenvalue weighted by molar-refractivity contribution is 0.594. The first-order valence-corrected chi connectivity index (χ1v) is 7.21. The minimum atomic E-state index is 0.0309. The molecule has 0 saturated carbocycles. The second-order valence-corrected chi connectivity index (χ2v) is 6.30. The Bertz CT molecular complexity index is 538. The summed E-state index contributed by atoms with van der Waals surface area (Å²) < 4.78 is 4.77. The second kappa shape index (κ2) is 6.07. The van der Waals surface area contributed by atoms with Crippen LogP contribution in [0.2, 0.25) is 0 Å². The van der Waals surface area contributed by atoms with Gasteiger partial charge in [-0.1, -0.05) is 69.3 Å². The summed E-state index contributed by atoms with van der Waals surface area (Å²) in [6, 6.07) is 20.7. The third-order valence-electron chi connectivity index (χ3n) is 2.74. The number of hydrogen-bond acceptors (Lipinski definition) is 2. The SMILES string of the molecule is CC(C)(C)C(=NSc1ccccc1)c1ccccc1. The van der Waals surface area contributed by atoms with Crippen LogP contribution in [0.15, 0.2) is 70.0 Å². The molecule has 0 fully saturated rings. The molecule has 0 aromatic heterocycles. The maximum Gasteiger partial charge on any atom is 0.0616 e. The molecule has 0 aliphatic rings. The quantitative estimate of drug-likeness (QED) is 0.549. The van der Waals surface area contributed by atoms with Crippen LogP contribution in [-0.2, 0) is 0 Å². The van der Waals surface area contributed by atoms with E-state index in [1.807, 2.05) is 24.3 Å². The van der Waals surface area contributed by atoms with Crippen LogP contribution >= 0.6 is 11.9 Å². The molecule has 0 aliphatic carbocycles. The van der Waals surface area contributed by atoms with E-state index in [1.54, 1.807) is 0 Å². The van der Waals surface area contributed by atoms with Crippen LogP contribution in [0.25, 0.3) is 0 Å². The topological polar surface area (TPSA) is 12.4 Å². The Balaban J connectivity index is 2.29. The van der Waals surface area contributed by atoms with Gasteiger partial charge in [-0.3, -0.25) is 0 Å². The molecule has 19 heavy (non-hydrogen) atoms. The number of hydrogen-bond donors (Lipinski definition) is 0. The van der Waals surface area contributed by atoms with Gasteiger partial charge in [-0.05, 0) is 17.7 Å². The molecule has 0 atom stereocenters. The first kappa shape index (κ1) is 13.9. The first-order valence-electron chi connectivity index (χ1n) is 6.43. The van der Waals surface area contributed by atoms with Crippen LogP contribution in [0.1, 0.15) is 26.3 Å². The monoisotopic (exact) mass is 269 g/mol. The highest BCUT2D eigenvalue weighted by Crippen LogP contribution is 2.27. The molecular formula is C17H19NS. The van der Waals surface area contributed by atoms with E-state index >= 15 is 0 Å². The summed E-state index contributed by atoms with van der Waals surface area (Å²) >= 11 is 1.54. The second-order valence-electron chi connectivity index (χ2n) is 5.46. The van der Waals surface area contributed by atoms with E-state index < -0.39 is 0 Å². The van der Waals surface area contributed by atoms with Crippen LogP contribution in [0.5, 0.6) is 0 Å². The lowest BCUT2D eigenvalue weighted by atomic mass is 9.86. The average Bonchev–Trinajstić information content (AvgIpc) is 2.40. The minimum Gasteiger partial charge on any atom is -0.215 e. The molecule has 2 rings (SSSR count). The number of nitrogens with zero attached hydrogens (tertiary/aromatic N) is 1. The number of benzene rings is 2. The van der Waals surface area contributed by atoms with E-state index in [1.165, 1.54) is 22.4 Å². The fourth-order valence-corrected chi connectivity index (χ4v) is 2.65. The van der Waals surface area contributed by atoms with Gasteiger partial charge in [0.1, 0.15) is 0 Å². The fraction of sp³-hybridized carbons (Fsp3) is 0.235. The molecular weight excluding hydrogens is 250 g/mol. The van der Waals surface area contributed by atoms with Crippen molar-refractivity contribution in [1.29, 1.82) is 0 Å². The van der Waals surface area contributed by atoms with Crippen LogP contribution in [0.4, 0.5) is 0 Å². The maximum absolute atomic E-state index is 4.77. The van der Waals surface area contributed by atoms with Gasteiger partial charge in [-0.2, -0.15) is 0 Å². The zero-order valence-electron chi connectivity index (χ0n) is 11.6. The summed E-state index contributed by atoms with van der Waals surface area (Å²) in [5, 5.41) is 0. The van der Waals surface area contributed by atoms with Gasteiger partial charge in [0.25, 0.3) is 0 Å². The van der Waals surface area contributed by atoms with Crippen molar-refractivity contribution in [2.45, 2.75) is 25.7 Å². The van der Waals surface area contributed by atoms with Gasteiger partial charge >= 0.3 is 0 Å². The Morgan fingerprint density at radius 2 is 1.37 bits per heavy atom. The van der Waals surface area contributed by atoms with Crippen molar-refractivity contribution in [2.24, 2.45) is 9.81 Å². The third kappa shape index (κ3) is 3.97. The van der Waals surface area contributed by atoms with E-state index in [0.29, 0.717) is 0 Å². The Morgan fingerprint density at radius 1 is 0.842 bits per heavy atom. The summed E-state index contributed by atoms with van der Waals surface area (Å²) in [5.41, 5.74) is 2.35. The Hall–Kier alpha value is -1.54. The van der Waals surface area contributed by atoms with Crippen molar-refractivity contribution < 1.29 is 0 Å². The normalized spacial score (nSPS) is 12.5. The molecule has 98 valence electrons. The fourth-order valence-electron chi connectivity index (χ4n) is 1.80. The standard InChI is InChI=1S/C17H19NS/c1-17(2,3)16(14-10-6-4-7-11-14)18-19-15-12-8-5-9-13-15/h4-13H,1-3H3. The van der Waals surface area contributed by atoms with Gasteiger partial charge in [0.05, 0.1) is 5.71 Å². The van der Waals surface area contributed by atoms with Crippen molar-refractivity contribution in [2.75, 3.05) is 0 Å². The molecule has 0 heterocycles. The van der Waals surface area contributed by atoms with Gasteiger partial charge in [0.2, 0.25) is 0 Å². The van der Waals surface area contributed by atoms with Gasteiger partial charge in [0, 0.05) is 22.3 Å². The van der Waals surface area contributed by atoms with Crippen molar-refractivity contribution in [3.05, 3.63) is 66.2 Å². The predicted molar refractivity (Wildman–Crippen MR) is 84.7 cm³/mol. The predicted octanol–water partition coefficient (Wildman–Crippen LogP) is 5.23. The van der Waals surface area contributed by atoms with E-state index in [0.717, 1.165) is 5.71 Å². The van der Waals surface area contributed by atoms with Crippen LogP contribution < -0.4 is 0 Å². The first-order chi connectivity index (χ1) is 9.07. The molecule has 2 aromatic rings. The zero-order valence-corrected chi connectivity index (χ0v) is 12.4. The molecule has 0 unspecified atom stereocenters. The van der Waals surface area contributed by atoms with Crippen molar-refractivity contribution >= 4 is 17.7 Å². The summed E-state index contributed by atoms with van der Waals surface area (Å²) in [6.07, 6.45) is 0. The summed E-state index contributed by atoms with van der Waals surface area (Å²) in [7, 11) is 0. The van der Waals surface area contributed by atoms with Gasteiger partial charge in [-0.15, -0.1) is 0 Å². The molecule has 2 heteroatoms. The summed E-state index contributed by atoms with van der Waals surface area (Å²) in [5.74, 6) is 0. The molecule has 1 nitrogen and oxygen atoms in total. The van der Waals surface area contributed by atoms with E-state index in [9.17, 15) is 0 Å². The largest absolute Gasteiger partial charge is 0.215 e. The highest BCUT2D eigenvalue weighted by atomic mass is 32.2. The highest BCUT2D eigenvalue weighted by molar-refractivity contribution is 7.98. The van der Waals surface area contributed by atoms with Crippen LogP contribution in [0.3, 0.4) is 0 Å². The molecule has 0 spiro atoms.